The van der Waals surface area contributed by atoms with Crippen molar-refractivity contribution in [1.82, 2.24) is 20.2 Å². The summed E-state index contributed by atoms with van der Waals surface area (Å²) in [6.07, 6.45) is 5.25. The summed E-state index contributed by atoms with van der Waals surface area (Å²) in [5.41, 5.74) is 1.60. The second-order valence-electron chi connectivity index (χ2n) is 4.57. The number of nitrogens with one attached hydrogen (secondary N) is 1. The van der Waals surface area contributed by atoms with Crippen molar-refractivity contribution in [3.63, 3.8) is 0 Å². The van der Waals surface area contributed by atoms with E-state index in [1.807, 2.05) is 4.90 Å². The molecule has 20 heavy (non-hydrogen) atoms. The standard InChI is InChI=1S/C12H14N6OS/c19-10(16-12-17-15-8-20-12)9-3-1-6-18(7-9)11-13-4-2-5-14-11/h2,4-5,8-9H,1,3,6-7H2,(H,16,17,19)/t9-/m0/s1. The number of hydrogen-bond donors (Lipinski definition) is 1. The van der Waals surface area contributed by atoms with Gasteiger partial charge in [-0.3, -0.25) is 4.79 Å². The molecule has 0 aliphatic carbocycles. The lowest BCUT2D eigenvalue weighted by atomic mass is 9.97. The Morgan fingerprint density at radius 1 is 1.40 bits per heavy atom. The maximum Gasteiger partial charge on any atom is 0.231 e. The van der Waals surface area contributed by atoms with E-state index in [0.717, 1.165) is 19.4 Å². The maximum atomic E-state index is 12.2. The van der Waals surface area contributed by atoms with E-state index in [0.29, 0.717) is 17.6 Å². The first-order chi connectivity index (χ1) is 9.83. The highest BCUT2D eigenvalue weighted by Gasteiger charge is 2.27. The predicted octanol–water partition coefficient (Wildman–Crippen LogP) is 1.18. The average molecular weight is 290 g/mol. The largest absolute Gasteiger partial charge is 0.340 e. The number of carbonyl (C=O) groups is 1. The van der Waals surface area contributed by atoms with Crippen molar-refractivity contribution in [2.24, 2.45) is 5.92 Å². The van der Waals surface area contributed by atoms with E-state index in [9.17, 15) is 4.79 Å². The molecule has 0 saturated carbocycles. The van der Waals surface area contributed by atoms with Gasteiger partial charge < -0.3 is 10.2 Å². The number of piperidine rings is 1. The first-order valence-electron chi connectivity index (χ1n) is 6.42. The molecule has 2 aromatic heterocycles. The van der Waals surface area contributed by atoms with Crippen molar-refractivity contribution >= 4 is 28.3 Å². The molecule has 3 rings (SSSR count). The summed E-state index contributed by atoms with van der Waals surface area (Å²) >= 11 is 1.32. The number of carbonyl (C=O) groups excluding carboxylic acids is 1. The lowest BCUT2D eigenvalue weighted by molar-refractivity contribution is -0.120. The van der Waals surface area contributed by atoms with Gasteiger partial charge in [0.1, 0.15) is 5.51 Å². The molecule has 2 aromatic rings. The summed E-state index contributed by atoms with van der Waals surface area (Å²) in [4.78, 5) is 22.7. The van der Waals surface area contributed by atoms with E-state index in [1.165, 1.54) is 11.3 Å². The second kappa shape index (κ2) is 5.91. The van der Waals surface area contributed by atoms with Gasteiger partial charge in [0.15, 0.2) is 0 Å². The van der Waals surface area contributed by atoms with Crippen LogP contribution in [0.2, 0.25) is 0 Å². The summed E-state index contributed by atoms with van der Waals surface area (Å²) in [7, 11) is 0. The molecule has 0 bridgehead atoms. The van der Waals surface area contributed by atoms with Gasteiger partial charge in [-0.05, 0) is 18.9 Å². The van der Waals surface area contributed by atoms with Gasteiger partial charge in [-0.15, -0.1) is 10.2 Å². The molecule has 8 heteroatoms. The minimum atomic E-state index is -0.0727. The van der Waals surface area contributed by atoms with Crippen molar-refractivity contribution in [1.29, 1.82) is 0 Å². The number of amides is 1. The zero-order chi connectivity index (χ0) is 13.8. The number of nitrogens with zero attached hydrogens (tertiary/aromatic N) is 5. The summed E-state index contributed by atoms with van der Waals surface area (Å²) in [6.45, 7) is 1.52. The molecular weight excluding hydrogens is 276 g/mol. The Bertz CT molecular complexity index is 561. The van der Waals surface area contributed by atoms with Crippen LogP contribution in [0.5, 0.6) is 0 Å². The van der Waals surface area contributed by atoms with E-state index >= 15 is 0 Å². The second-order valence-corrected chi connectivity index (χ2v) is 5.40. The minimum absolute atomic E-state index is 0.0117. The molecule has 1 aliphatic heterocycles. The minimum Gasteiger partial charge on any atom is -0.340 e. The number of hydrogen-bond acceptors (Lipinski definition) is 7. The first kappa shape index (κ1) is 12.9. The lowest BCUT2D eigenvalue weighted by Crippen LogP contribution is -2.41. The highest BCUT2D eigenvalue weighted by molar-refractivity contribution is 7.13. The molecule has 1 aliphatic rings. The molecule has 1 saturated heterocycles. The fraction of sp³-hybridized carbons (Fsp3) is 0.417. The van der Waals surface area contributed by atoms with Crippen LogP contribution in [0.4, 0.5) is 11.1 Å². The molecular formula is C12H14N6OS. The van der Waals surface area contributed by atoms with Gasteiger partial charge in [0.05, 0.1) is 5.92 Å². The molecule has 3 heterocycles. The predicted molar refractivity (Wildman–Crippen MR) is 75.5 cm³/mol. The van der Waals surface area contributed by atoms with Crippen LogP contribution in [0.1, 0.15) is 12.8 Å². The molecule has 0 unspecified atom stereocenters. The number of aromatic nitrogens is 4. The average Bonchev–Trinajstić information content (AvgIpc) is 3.01. The van der Waals surface area contributed by atoms with Crippen LogP contribution < -0.4 is 10.2 Å². The molecule has 0 radical (unpaired) electrons. The summed E-state index contributed by atoms with van der Waals surface area (Å²) in [5, 5.41) is 10.9. The van der Waals surface area contributed by atoms with E-state index in [2.05, 4.69) is 25.5 Å². The Kier molecular flexibility index (Phi) is 3.82. The Morgan fingerprint density at radius 3 is 3.00 bits per heavy atom. The summed E-state index contributed by atoms with van der Waals surface area (Å²) in [6, 6.07) is 1.78. The third kappa shape index (κ3) is 2.90. The van der Waals surface area contributed by atoms with Gasteiger partial charge in [0.2, 0.25) is 17.0 Å². The Balaban J connectivity index is 1.64. The molecule has 1 fully saturated rings. The van der Waals surface area contributed by atoms with Gasteiger partial charge in [-0.2, -0.15) is 0 Å². The van der Waals surface area contributed by atoms with Crippen LogP contribution in [0.25, 0.3) is 0 Å². The van der Waals surface area contributed by atoms with Crippen LogP contribution in [-0.4, -0.2) is 39.2 Å². The van der Waals surface area contributed by atoms with Gasteiger partial charge in [-0.1, -0.05) is 11.3 Å². The van der Waals surface area contributed by atoms with Gasteiger partial charge >= 0.3 is 0 Å². The zero-order valence-electron chi connectivity index (χ0n) is 10.8. The molecule has 1 atom stereocenters. The topological polar surface area (TPSA) is 83.9 Å². The third-order valence-corrected chi connectivity index (χ3v) is 3.82. The summed E-state index contributed by atoms with van der Waals surface area (Å²) in [5.74, 6) is 0.597. The molecule has 104 valence electrons. The van der Waals surface area contributed by atoms with Crippen molar-refractivity contribution in [3.05, 3.63) is 24.0 Å². The van der Waals surface area contributed by atoms with Crippen LogP contribution in [0.3, 0.4) is 0 Å². The van der Waals surface area contributed by atoms with Crippen LogP contribution >= 0.6 is 11.3 Å². The first-order valence-corrected chi connectivity index (χ1v) is 7.30. The van der Waals surface area contributed by atoms with Crippen LogP contribution in [-0.2, 0) is 4.79 Å². The molecule has 7 nitrogen and oxygen atoms in total. The van der Waals surface area contributed by atoms with E-state index in [-0.39, 0.29) is 11.8 Å². The highest BCUT2D eigenvalue weighted by atomic mass is 32.1. The highest BCUT2D eigenvalue weighted by Crippen LogP contribution is 2.21. The van der Waals surface area contributed by atoms with Crippen molar-refractivity contribution in [2.45, 2.75) is 12.8 Å². The molecule has 0 spiro atoms. The molecule has 1 N–H and O–H groups in total. The van der Waals surface area contributed by atoms with E-state index in [1.54, 1.807) is 24.0 Å². The Labute approximate surface area is 120 Å². The van der Waals surface area contributed by atoms with E-state index < -0.39 is 0 Å². The normalized spacial score (nSPS) is 18.8. The third-order valence-electron chi connectivity index (χ3n) is 3.22. The number of anilines is 2. The van der Waals surface area contributed by atoms with E-state index in [4.69, 9.17) is 0 Å². The fourth-order valence-corrected chi connectivity index (χ4v) is 2.71. The maximum absolute atomic E-state index is 12.2. The SMILES string of the molecule is O=C(Nc1nncs1)[C@H]1CCCN(c2ncccn2)C1. The van der Waals surface area contributed by atoms with Crippen LogP contribution in [0.15, 0.2) is 24.0 Å². The molecule has 0 aromatic carbocycles. The Hall–Kier alpha value is -2.09. The van der Waals surface area contributed by atoms with Gasteiger partial charge in [0.25, 0.3) is 0 Å². The zero-order valence-corrected chi connectivity index (χ0v) is 11.6. The molecule has 1 amide bonds. The van der Waals surface area contributed by atoms with Gasteiger partial charge in [0, 0.05) is 25.5 Å². The fourth-order valence-electron chi connectivity index (χ4n) is 2.26. The number of rotatable bonds is 3. The van der Waals surface area contributed by atoms with Crippen molar-refractivity contribution in [2.75, 3.05) is 23.3 Å². The van der Waals surface area contributed by atoms with Crippen molar-refractivity contribution in [3.8, 4) is 0 Å². The quantitative estimate of drug-likeness (QED) is 0.914. The monoisotopic (exact) mass is 290 g/mol. The smallest absolute Gasteiger partial charge is 0.231 e. The van der Waals surface area contributed by atoms with Gasteiger partial charge in [-0.25, -0.2) is 9.97 Å². The lowest BCUT2D eigenvalue weighted by Gasteiger charge is -2.31. The van der Waals surface area contributed by atoms with Crippen LogP contribution in [0, 0.1) is 5.92 Å². The Morgan fingerprint density at radius 2 is 2.25 bits per heavy atom. The van der Waals surface area contributed by atoms with Crippen molar-refractivity contribution < 1.29 is 4.79 Å². The summed E-state index contributed by atoms with van der Waals surface area (Å²) < 4.78 is 0.